The molecule has 2 unspecified atom stereocenters. The van der Waals surface area contributed by atoms with Crippen LogP contribution in [0.3, 0.4) is 0 Å². The number of nitrogens with zero attached hydrogens (tertiary/aromatic N) is 2. The van der Waals surface area contributed by atoms with Crippen LogP contribution >= 0.6 is 0 Å². The molecule has 0 aromatic heterocycles. The van der Waals surface area contributed by atoms with Crippen LogP contribution in [0.2, 0.25) is 0 Å². The Morgan fingerprint density at radius 3 is 2.26 bits per heavy atom. The zero-order chi connectivity index (χ0) is 30.0. The Labute approximate surface area is 244 Å². The number of carbonyl (C=O) groups is 2. The Morgan fingerprint density at radius 1 is 0.881 bits per heavy atom. The minimum atomic E-state index is -1.69. The second-order valence-electron chi connectivity index (χ2n) is 10.7. The van der Waals surface area contributed by atoms with Crippen LogP contribution < -0.4 is 25.5 Å². The van der Waals surface area contributed by atoms with Gasteiger partial charge in [0, 0.05) is 54.0 Å². The number of anilines is 1. The maximum Gasteiger partial charge on any atom is 0.270 e. The number of fused-ring (bicyclic) bond motifs is 2. The molecule has 3 aromatic rings. The van der Waals surface area contributed by atoms with Crippen LogP contribution in [-0.4, -0.2) is 51.3 Å². The van der Waals surface area contributed by atoms with E-state index in [1.165, 1.54) is 0 Å². The summed E-state index contributed by atoms with van der Waals surface area (Å²) in [6.07, 6.45) is -1.69. The van der Waals surface area contributed by atoms with Crippen LogP contribution in [-0.2, 0) is 4.79 Å². The van der Waals surface area contributed by atoms with Crippen molar-refractivity contribution in [2.75, 3.05) is 33.1 Å². The minimum absolute atomic E-state index is 0.320. The summed E-state index contributed by atoms with van der Waals surface area (Å²) in [7, 11) is 7.95. The van der Waals surface area contributed by atoms with Gasteiger partial charge in [0.2, 0.25) is 11.6 Å². The molecule has 2 atom stereocenters. The van der Waals surface area contributed by atoms with Gasteiger partial charge in [-0.25, -0.2) is 4.58 Å². The van der Waals surface area contributed by atoms with E-state index in [4.69, 9.17) is 4.42 Å². The molecule has 0 radical (unpaired) electrons. The lowest BCUT2D eigenvalue weighted by Gasteiger charge is -2.19. The number of hydrogen-bond acceptors (Lipinski definition) is 5. The van der Waals surface area contributed by atoms with E-state index in [1.807, 2.05) is 111 Å². The maximum absolute atomic E-state index is 12.9. The molecule has 1 aliphatic carbocycles. The van der Waals surface area contributed by atoms with Gasteiger partial charge in [-0.3, -0.25) is 9.59 Å². The Bertz CT molecular complexity index is 1790. The molecule has 3 aromatic carbocycles. The lowest BCUT2D eigenvalue weighted by Crippen LogP contribution is -2.47. The van der Waals surface area contributed by atoms with Gasteiger partial charge < -0.3 is 25.1 Å². The predicted octanol–water partition coefficient (Wildman–Crippen LogP) is 4.23. The van der Waals surface area contributed by atoms with Crippen molar-refractivity contribution in [3.63, 3.8) is 0 Å². The molecule has 0 saturated heterocycles. The van der Waals surface area contributed by atoms with E-state index in [-0.39, 0.29) is 6.04 Å². The number of carbonyl (C=O) groups excluding carboxylic acids is 2. The SMILES string of the molecule is CC(NC(=O)C(O)NC(=O)c1ccc(-c2c3ccc(=[N+](C)C)cc-3oc3cc(N(C)C)ccc23)cc1)c1ccccc1. The van der Waals surface area contributed by atoms with Gasteiger partial charge in [-0.2, -0.15) is 0 Å². The van der Waals surface area contributed by atoms with E-state index in [0.29, 0.717) is 5.56 Å². The van der Waals surface area contributed by atoms with E-state index in [9.17, 15) is 14.7 Å². The summed E-state index contributed by atoms with van der Waals surface area (Å²) < 4.78 is 8.42. The van der Waals surface area contributed by atoms with Gasteiger partial charge in [0.05, 0.1) is 12.1 Å². The summed E-state index contributed by atoms with van der Waals surface area (Å²) in [4.78, 5) is 27.5. The fourth-order valence-corrected chi connectivity index (χ4v) is 4.91. The van der Waals surface area contributed by atoms with Crippen molar-refractivity contribution in [3.05, 3.63) is 107 Å². The monoisotopic (exact) mass is 563 g/mol. The number of hydrogen-bond donors (Lipinski definition) is 3. The van der Waals surface area contributed by atoms with E-state index in [0.717, 1.165) is 50.0 Å². The number of amides is 2. The average Bonchev–Trinajstić information content (AvgIpc) is 2.99. The fraction of sp³-hybridized carbons (Fsp3) is 0.206. The second kappa shape index (κ2) is 11.9. The summed E-state index contributed by atoms with van der Waals surface area (Å²) in [5.41, 5.74) is 5.83. The minimum Gasteiger partial charge on any atom is -0.456 e. The van der Waals surface area contributed by atoms with Gasteiger partial charge >= 0.3 is 0 Å². The highest BCUT2D eigenvalue weighted by molar-refractivity contribution is 6.03. The summed E-state index contributed by atoms with van der Waals surface area (Å²) in [5, 5.41) is 17.4. The van der Waals surface area contributed by atoms with Gasteiger partial charge in [0.25, 0.3) is 11.8 Å². The maximum atomic E-state index is 12.9. The van der Waals surface area contributed by atoms with Gasteiger partial charge in [-0.05, 0) is 48.4 Å². The highest BCUT2D eigenvalue weighted by Gasteiger charge is 2.22. The highest BCUT2D eigenvalue weighted by Crippen LogP contribution is 2.40. The topological polar surface area (TPSA) is 97.8 Å². The quantitative estimate of drug-likeness (QED) is 0.157. The Morgan fingerprint density at radius 2 is 1.60 bits per heavy atom. The summed E-state index contributed by atoms with van der Waals surface area (Å²) in [5.74, 6) is -0.489. The lowest BCUT2D eigenvalue weighted by molar-refractivity contribution is -0.131. The van der Waals surface area contributed by atoms with E-state index >= 15 is 0 Å². The smallest absolute Gasteiger partial charge is 0.270 e. The number of nitrogens with one attached hydrogen (secondary N) is 2. The molecule has 0 bridgehead atoms. The zero-order valence-electron chi connectivity index (χ0n) is 24.4. The molecule has 8 nitrogen and oxygen atoms in total. The molecule has 42 heavy (non-hydrogen) atoms. The van der Waals surface area contributed by atoms with Crippen molar-refractivity contribution in [2.24, 2.45) is 0 Å². The van der Waals surface area contributed by atoms with E-state index < -0.39 is 18.0 Å². The summed E-state index contributed by atoms with van der Waals surface area (Å²) >= 11 is 0. The van der Waals surface area contributed by atoms with E-state index in [1.54, 1.807) is 12.1 Å². The van der Waals surface area contributed by atoms with Gasteiger partial charge in [0.15, 0.2) is 0 Å². The van der Waals surface area contributed by atoms with Crippen LogP contribution in [0.5, 0.6) is 0 Å². The average molecular weight is 564 g/mol. The van der Waals surface area contributed by atoms with Crippen LogP contribution in [0, 0.1) is 0 Å². The van der Waals surface area contributed by atoms with Crippen LogP contribution in [0.4, 0.5) is 5.69 Å². The van der Waals surface area contributed by atoms with Gasteiger partial charge in [-0.15, -0.1) is 0 Å². The molecule has 3 N–H and O–H groups in total. The third-order valence-electron chi connectivity index (χ3n) is 7.33. The molecule has 2 amide bonds. The number of benzene rings is 4. The first kappa shape index (κ1) is 28.6. The molecule has 0 saturated carbocycles. The van der Waals surface area contributed by atoms with Crippen molar-refractivity contribution in [1.29, 1.82) is 0 Å². The predicted molar refractivity (Wildman–Crippen MR) is 166 cm³/mol. The zero-order valence-corrected chi connectivity index (χ0v) is 24.4. The number of aliphatic hydroxyl groups is 1. The van der Waals surface area contributed by atoms with Crippen LogP contribution in [0.1, 0.15) is 28.9 Å². The second-order valence-corrected chi connectivity index (χ2v) is 10.7. The van der Waals surface area contributed by atoms with Gasteiger partial charge in [-0.1, -0.05) is 42.5 Å². The molecule has 1 aliphatic heterocycles. The molecule has 8 heteroatoms. The number of rotatable bonds is 7. The molecule has 0 fully saturated rings. The van der Waals surface area contributed by atoms with Crippen molar-refractivity contribution >= 4 is 28.5 Å². The highest BCUT2D eigenvalue weighted by atomic mass is 16.3. The molecule has 0 spiro atoms. The van der Waals surface area contributed by atoms with Gasteiger partial charge in [0.1, 0.15) is 25.4 Å². The largest absolute Gasteiger partial charge is 0.456 e. The Kier molecular flexibility index (Phi) is 8.08. The summed E-state index contributed by atoms with van der Waals surface area (Å²) in [6, 6.07) is 28.4. The molecule has 1 heterocycles. The molecule has 214 valence electrons. The summed E-state index contributed by atoms with van der Waals surface area (Å²) in [6.45, 7) is 1.81. The third-order valence-corrected chi connectivity index (χ3v) is 7.33. The van der Waals surface area contributed by atoms with Crippen LogP contribution in [0.15, 0.2) is 95.4 Å². The Balaban J connectivity index is 1.43. The van der Waals surface area contributed by atoms with Crippen molar-refractivity contribution in [2.45, 2.75) is 19.2 Å². The third kappa shape index (κ3) is 5.89. The van der Waals surface area contributed by atoms with Crippen molar-refractivity contribution < 1.29 is 19.1 Å². The molecular weight excluding hydrogens is 528 g/mol. The molecule has 2 aliphatic rings. The molecular formula is C34H35N4O4+. The molecule has 5 rings (SSSR count). The first-order valence-electron chi connectivity index (χ1n) is 13.8. The number of aliphatic hydroxyl groups excluding tert-OH is 1. The fourth-order valence-electron chi connectivity index (χ4n) is 4.91. The standard InChI is InChI=1S/C34H34N4O4/c1-21(22-9-7-6-8-10-22)35-33(40)34(41)36-32(39)24-13-11-23(12-14-24)31-27-17-15-25(37(2)3)19-29(27)42-30-20-26(38(4)5)16-18-28(30)31/h6-21,34,41H,1-5H3,(H-,35,36,39,40)/p+1. The van der Waals surface area contributed by atoms with Crippen LogP contribution in [0.25, 0.3) is 33.4 Å². The normalized spacial score (nSPS) is 12.5. The Hall–Kier alpha value is -4.95. The van der Waals surface area contributed by atoms with Crippen molar-refractivity contribution in [3.8, 4) is 22.5 Å². The van der Waals surface area contributed by atoms with Crippen molar-refractivity contribution in [1.82, 2.24) is 15.2 Å². The first-order valence-corrected chi connectivity index (χ1v) is 13.8. The van der Waals surface area contributed by atoms with E-state index in [2.05, 4.69) is 22.8 Å². The first-order chi connectivity index (χ1) is 20.1. The lowest BCUT2D eigenvalue weighted by atomic mass is 9.93.